The van der Waals surface area contributed by atoms with E-state index in [1.54, 1.807) is 0 Å². The highest BCUT2D eigenvalue weighted by atomic mass is 16.1. The van der Waals surface area contributed by atoms with Crippen LogP contribution in [0.4, 0.5) is 0 Å². The SMILES string of the molecule is NCc1c(-c2ccc(-c3ccccc3)cc2)[nH][nH]c1=O. The van der Waals surface area contributed by atoms with Crippen molar-refractivity contribution in [2.45, 2.75) is 6.54 Å². The summed E-state index contributed by atoms with van der Waals surface area (Å²) in [7, 11) is 0. The minimum atomic E-state index is -0.158. The van der Waals surface area contributed by atoms with Crippen LogP contribution in [-0.4, -0.2) is 10.2 Å². The summed E-state index contributed by atoms with van der Waals surface area (Å²) in [5, 5.41) is 5.46. The maximum atomic E-state index is 11.6. The van der Waals surface area contributed by atoms with Crippen molar-refractivity contribution < 1.29 is 0 Å². The molecule has 0 atom stereocenters. The van der Waals surface area contributed by atoms with Gasteiger partial charge < -0.3 is 5.73 Å². The van der Waals surface area contributed by atoms with Gasteiger partial charge in [0.1, 0.15) is 0 Å². The molecule has 4 N–H and O–H groups in total. The third-order valence-electron chi connectivity index (χ3n) is 3.36. The summed E-state index contributed by atoms with van der Waals surface area (Å²) in [6.07, 6.45) is 0. The summed E-state index contributed by atoms with van der Waals surface area (Å²) in [6, 6.07) is 18.2. The molecule has 3 aromatic rings. The van der Waals surface area contributed by atoms with Gasteiger partial charge in [-0.25, -0.2) is 0 Å². The molecule has 0 aliphatic heterocycles. The van der Waals surface area contributed by atoms with Crippen LogP contribution in [0.5, 0.6) is 0 Å². The van der Waals surface area contributed by atoms with Gasteiger partial charge >= 0.3 is 0 Å². The van der Waals surface area contributed by atoms with Gasteiger partial charge in [0.15, 0.2) is 0 Å². The van der Waals surface area contributed by atoms with Crippen LogP contribution in [0.2, 0.25) is 0 Å². The summed E-state index contributed by atoms with van der Waals surface area (Å²) in [5.74, 6) is 0. The van der Waals surface area contributed by atoms with E-state index in [1.807, 2.05) is 42.5 Å². The number of aromatic amines is 2. The van der Waals surface area contributed by atoms with Crippen LogP contribution in [0.25, 0.3) is 22.4 Å². The average molecular weight is 265 g/mol. The largest absolute Gasteiger partial charge is 0.326 e. The Hall–Kier alpha value is -2.59. The van der Waals surface area contributed by atoms with Crippen LogP contribution < -0.4 is 11.3 Å². The first-order valence-corrected chi connectivity index (χ1v) is 6.45. The van der Waals surface area contributed by atoms with Crippen LogP contribution in [0.1, 0.15) is 5.56 Å². The fraction of sp³-hybridized carbons (Fsp3) is 0.0625. The minimum absolute atomic E-state index is 0.158. The van der Waals surface area contributed by atoms with Crippen LogP contribution in [-0.2, 0) is 6.54 Å². The van der Waals surface area contributed by atoms with E-state index in [0.29, 0.717) is 5.56 Å². The molecule has 0 aliphatic carbocycles. The van der Waals surface area contributed by atoms with Crippen molar-refractivity contribution in [3.63, 3.8) is 0 Å². The lowest BCUT2D eigenvalue weighted by Gasteiger charge is -2.04. The van der Waals surface area contributed by atoms with E-state index in [-0.39, 0.29) is 12.1 Å². The van der Waals surface area contributed by atoms with Gasteiger partial charge in [-0.2, -0.15) is 0 Å². The fourth-order valence-corrected chi connectivity index (χ4v) is 2.28. The topological polar surface area (TPSA) is 74.7 Å². The Labute approximate surface area is 116 Å². The number of aromatic nitrogens is 2. The summed E-state index contributed by atoms with van der Waals surface area (Å²) in [6.45, 7) is 0.217. The Bertz CT molecular complexity index is 754. The van der Waals surface area contributed by atoms with Gasteiger partial charge in [0.25, 0.3) is 5.56 Å². The first-order chi connectivity index (χ1) is 9.79. The molecule has 0 saturated heterocycles. The van der Waals surface area contributed by atoms with E-state index < -0.39 is 0 Å². The van der Waals surface area contributed by atoms with Gasteiger partial charge in [-0.1, -0.05) is 54.6 Å². The lowest BCUT2D eigenvalue weighted by atomic mass is 10.0. The minimum Gasteiger partial charge on any atom is -0.326 e. The Balaban J connectivity index is 2.00. The zero-order valence-electron chi connectivity index (χ0n) is 10.9. The number of nitrogens with two attached hydrogens (primary N) is 1. The van der Waals surface area contributed by atoms with Crippen LogP contribution in [0.15, 0.2) is 59.4 Å². The van der Waals surface area contributed by atoms with E-state index in [4.69, 9.17) is 5.73 Å². The summed E-state index contributed by atoms with van der Waals surface area (Å²) in [4.78, 5) is 11.6. The number of hydrogen-bond acceptors (Lipinski definition) is 2. The second kappa shape index (κ2) is 5.19. The molecule has 0 radical (unpaired) electrons. The quantitative estimate of drug-likeness (QED) is 0.680. The molecule has 20 heavy (non-hydrogen) atoms. The molecule has 100 valence electrons. The first-order valence-electron chi connectivity index (χ1n) is 6.45. The lowest BCUT2D eigenvalue weighted by molar-refractivity contribution is 1.04. The Morgan fingerprint density at radius 2 is 1.40 bits per heavy atom. The monoisotopic (exact) mass is 265 g/mol. The van der Waals surface area contributed by atoms with E-state index in [1.165, 1.54) is 5.56 Å². The molecule has 1 aromatic heterocycles. The molecule has 2 aromatic carbocycles. The zero-order valence-corrected chi connectivity index (χ0v) is 10.9. The molecule has 0 unspecified atom stereocenters. The van der Waals surface area contributed by atoms with E-state index in [9.17, 15) is 4.79 Å². The second-order valence-corrected chi connectivity index (χ2v) is 4.58. The van der Waals surface area contributed by atoms with Crippen molar-refractivity contribution in [2.24, 2.45) is 5.73 Å². The molecule has 0 aliphatic rings. The molecule has 0 bridgehead atoms. The molecule has 4 nitrogen and oxygen atoms in total. The summed E-state index contributed by atoms with van der Waals surface area (Å²) in [5.41, 5.74) is 10.1. The highest BCUT2D eigenvalue weighted by molar-refractivity contribution is 5.69. The maximum Gasteiger partial charge on any atom is 0.269 e. The van der Waals surface area contributed by atoms with Crippen LogP contribution in [0, 0.1) is 0 Å². The molecule has 1 heterocycles. The van der Waals surface area contributed by atoms with Crippen LogP contribution >= 0.6 is 0 Å². The lowest BCUT2D eigenvalue weighted by Crippen LogP contribution is -2.10. The molecular formula is C16H15N3O. The van der Waals surface area contributed by atoms with Crippen molar-refractivity contribution in [2.75, 3.05) is 0 Å². The van der Waals surface area contributed by atoms with E-state index >= 15 is 0 Å². The molecule has 0 amide bonds. The number of H-pyrrole nitrogens is 2. The second-order valence-electron chi connectivity index (χ2n) is 4.58. The Morgan fingerprint density at radius 1 is 0.800 bits per heavy atom. The third kappa shape index (κ3) is 2.17. The van der Waals surface area contributed by atoms with Crippen molar-refractivity contribution in [3.8, 4) is 22.4 Å². The highest BCUT2D eigenvalue weighted by Crippen LogP contribution is 2.24. The van der Waals surface area contributed by atoms with Crippen LogP contribution in [0.3, 0.4) is 0 Å². The van der Waals surface area contributed by atoms with Crippen molar-refractivity contribution in [1.29, 1.82) is 0 Å². The fourth-order valence-electron chi connectivity index (χ4n) is 2.28. The number of hydrogen-bond donors (Lipinski definition) is 3. The first kappa shape index (κ1) is 12.4. The van der Waals surface area contributed by atoms with Gasteiger partial charge in [0.2, 0.25) is 0 Å². The standard InChI is InChI=1S/C16H15N3O/c17-10-14-15(18-19-16(14)20)13-8-6-12(7-9-13)11-4-2-1-3-5-11/h1-9H,10,17H2,(H2,18,19,20). The van der Waals surface area contributed by atoms with Crippen molar-refractivity contribution in [3.05, 3.63) is 70.5 Å². The van der Waals surface area contributed by atoms with Gasteiger partial charge in [-0.05, 0) is 16.7 Å². The maximum absolute atomic E-state index is 11.6. The molecule has 3 rings (SSSR count). The number of benzene rings is 2. The predicted octanol–water partition coefficient (Wildman–Crippen LogP) is 2.50. The van der Waals surface area contributed by atoms with Gasteiger partial charge in [0.05, 0.1) is 11.3 Å². The van der Waals surface area contributed by atoms with Crippen molar-refractivity contribution >= 4 is 0 Å². The summed E-state index contributed by atoms with van der Waals surface area (Å²) >= 11 is 0. The van der Waals surface area contributed by atoms with Crippen molar-refractivity contribution in [1.82, 2.24) is 10.2 Å². The Morgan fingerprint density at radius 3 is 2.05 bits per heavy atom. The third-order valence-corrected chi connectivity index (χ3v) is 3.36. The molecule has 0 spiro atoms. The normalized spacial score (nSPS) is 10.7. The number of rotatable bonds is 3. The zero-order chi connectivity index (χ0) is 13.9. The van der Waals surface area contributed by atoms with Gasteiger partial charge in [-0.3, -0.25) is 15.0 Å². The summed E-state index contributed by atoms with van der Waals surface area (Å²) < 4.78 is 0. The molecule has 4 heteroatoms. The highest BCUT2D eigenvalue weighted by Gasteiger charge is 2.10. The smallest absolute Gasteiger partial charge is 0.269 e. The number of nitrogens with one attached hydrogen (secondary N) is 2. The Kier molecular flexibility index (Phi) is 3.23. The molecular weight excluding hydrogens is 250 g/mol. The van der Waals surface area contributed by atoms with Gasteiger partial charge in [-0.15, -0.1) is 0 Å². The van der Waals surface area contributed by atoms with E-state index in [0.717, 1.165) is 16.8 Å². The predicted molar refractivity (Wildman–Crippen MR) is 80.2 cm³/mol. The average Bonchev–Trinajstić information content (AvgIpc) is 2.89. The molecule has 0 fully saturated rings. The van der Waals surface area contributed by atoms with E-state index in [2.05, 4.69) is 22.3 Å². The van der Waals surface area contributed by atoms with Gasteiger partial charge in [0, 0.05) is 6.54 Å². The molecule has 0 saturated carbocycles.